The first-order valence-electron chi connectivity index (χ1n) is 6.52. The van der Waals surface area contributed by atoms with Crippen LogP contribution >= 0.6 is 0 Å². The molecule has 1 saturated heterocycles. The highest BCUT2D eigenvalue weighted by molar-refractivity contribution is 5.80. The standard InChI is InChI=1S/C13H16F3N3O/c14-13(15,16)10-5-4-6-17-12(10)18-9-11(20)19-7-2-1-3-8-19/h4-6H,1-3,7-9H2,(H,17,18). The summed E-state index contributed by atoms with van der Waals surface area (Å²) in [6, 6.07) is 2.17. The third-order valence-electron chi connectivity index (χ3n) is 3.23. The van der Waals surface area contributed by atoms with E-state index < -0.39 is 11.7 Å². The third kappa shape index (κ3) is 3.61. The maximum Gasteiger partial charge on any atom is 0.419 e. The Balaban J connectivity index is 1.98. The van der Waals surface area contributed by atoms with Gasteiger partial charge in [0.2, 0.25) is 5.91 Å². The van der Waals surface area contributed by atoms with E-state index in [0.29, 0.717) is 13.1 Å². The molecule has 0 atom stereocenters. The monoisotopic (exact) mass is 287 g/mol. The molecular formula is C13H16F3N3O. The second-order valence-corrected chi connectivity index (χ2v) is 4.69. The van der Waals surface area contributed by atoms with Gasteiger partial charge in [-0.15, -0.1) is 0 Å². The summed E-state index contributed by atoms with van der Waals surface area (Å²) in [5.74, 6) is -0.492. The number of hydrogen-bond donors (Lipinski definition) is 1. The molecule has 0 aliphatic carbocycles. The lowest BCUT2D eigenvalue weighted by Gasteiger charge is -2.27. The topological polar surface area (TPSA) is 45.2 Å². The van der Waals surface area contributed by atoms with E-state index in [0.717, 1.165) is 25.3 Å². The van der Waals surface area contributed by atoms with Gasteiger partial charge in [-0.3, -0.25) is 4.79 Å². The summed E-state index contributed by atoms with van der Waals surface area (Å²) in [7, 11) is 0. The number of aromatic nitrogens is 1. The molecule has 1 aromatic rings. The van der Waals surface area contributed by atoms with Gasteiger partial charge in [-0.2, -0.15) is 13.2 Å². The fourth-order valence-corrected chi connectivity index (χ4v) is 2.19. The number of carbonyl (C=O) groups excluding carboxylic acids is 1. The molecule has 0 aromatic carbocycles. The molecule has 7 heteroatoms. The van der Waals surface area contributed by atoms with Crippen molar-refractivity contribution in [3.05, 3.63) is 23.9 Å². The molecule has 2 rings (SSSR count). The Kier molecular flexibility index (Phi) is 4.46. The van der Waals surface area contributed by atoms with Crippen LogP contribution < -0.4 is 5.32 Å². The maximum atomic E-state index is 12.8. The van der Waals surface area contributed by atoms with Gasteiger partial charge >= 0.3 is 6.18 Å². The summed E-state index contributed by atoms with van der Waals surface area (Å²) in [5.41, 5.74) is -0.855. The second-order valence-electron chi connectivity index (χ2n) is 4.69. The fraction of sp³-hybridized carbons (Fsp3) is 0.538. The summed E-state index contributed by atoms with van der Waals surface area (Å²) >= 11 is 0. The number of likely N-dealkylation sites (tertiary alicyclic amines) is 1. The zero-order valence-electron chi connectivity index (χ0n) is 10.9. The van der Waals surface area contributed by atoms with Crippen LogP contribution in [-0.4, -0.2) is 35.4 Å². The number of amides is 1. The van der Waals surface area contributed by atoms with Crippen molar-refractivity contribution < 1.29 is 18.0 Å². The van der Waals surface area contributed by atoms with Crippen LogP contribution in [-0.2, 0) is 11.0 Å². The Morgan fingerprint density at radius 1 is 1.30 bits per heavy atom. The Labute approximate surface area is 115 Å². The molecule has 2 heterocycles. The van der Waals surface area contributed by atoms with Crippen molar-refractivity contribution in [2.24, 2.45) is 0 Å². The van der Waals surface area contributed by atoms with Gasteiger partial charge in [-0.25, -0.2) is 4.98 Å². The van der Waals surface area contributed by atoms with Crippen molar-refractivity contribution in [1.29, 1.82) is 0 Å². The first kappa shape index (κ1) is 14.6. The van der Waals surface area contributed by atoms with E-state index in [4.69, 9.17) is 0 Å². The number of nitrogens with zero attached hydrogens (tertiary/aromatic N) is 2. The SMILES string of the molecule is O=C(CNc1ncccc1C(F)(F)F)N1CCCCC1. The average Bonchev–Trinajstić information content (AvgIpc) is 2.45. The lowest BCUT2D eigenvalue weighted by molar-refractivity contribution is -0.137. The van der Waals surface area contributed by atoms with Crippen LogP contribution in [0.3, 0.4) is 0 Å². The van der Waals surface area contributed by atoms with Crippen LogP contribution in [0.5, 0.6) is 0 Å². The fourth-order valence-electron chi connectivity index (χ4n) is 2.19. The Morgan fingerprint density at radius 3 is 2.65 bits per heavy atom. The van der Waals surface area contributed by atoms with Crippen molar-refractivity contribution in [2.75, 3.05) is 25.0 Å². The molecule has 110 valence electrons. The van der Waals surface area contributed by atoms with Crippen LogP contribution in [0.2, 0.25) is 0 Å². The first-order chi connectivity index (χ1) is 9.48. The van der Waals surface area contributed by atoms with Crippen LogP contribution in [0.15, 0.2) is 18.3 Å². The molecular weight excluding hydrogens is 271 g/mol. The average molecular weight is 287 g/mol. The second kappa shape index (κ2) is 6.11. The van der Waals surface area contributed by atoms with E-state index in [-0.39, 0.29) is 18.3 Å². The van der Waals surface area contributed by atoms with Crippen molar-refractivity contribution in [2.45, 2.75) is 25.4 Å². The molecule has 0 radical (unpaired) electrons. The predicted molar refractivity (Wildman–Crippen MR) is 68.2 cm³/mol. The normalized spacial score (nSPS) is 16.1. The smallest absolute Gasteiger partial charge is 0.360 e. The van der Waals surface area contributed by atoms with E-state index in [9.17, 15) is 18.0 Å². The molecule has 1 aliphatic heterocycles. The van der Waals surface area contributed by atoms with Crippen molar-refractivity contribution in [1.82, 2.24) is 9.88 Å². The molecule has 1 N–H and O–H groups in total. The van der Waals surface area contributed by atoms with Crippen LogP contribution in [0.25, 0.3) is 0 Å². The van der Waals surface area contributed by atoms with Crippen molar-refractivity contribution >= 4 is 11.7 Å². The number of halogens is 3. The predicted octanol–water partition coefficient (Wildman–Crippen LogP) is 2.52. The summed E-state index contributed by atoms with van der Waals surface area (Å²) in [5, 5.41) is 2.49. The molecule has 1 fully saturated rings. The van der Waals surface area contributed by atoms with Crippen LogP contribution in [0.1, 0.15) is 24.8 Å². The van der Waals surface area contributed by atoms with Crippen molar-refractivity contribution in [3.63, 3.8) is 0 Å². The number of rotatable bonds is 3. The minimum absolute atomic E-state index is 0.167. The molecule has 20 heavy (non-hydrogen) atoms. The first-order valence-corrected chi connectivity index (χ1v) is 6.52. The number of carbonyl (C=O) groups is 1. The van der Waals surface area contributed by atoms with E-state index in [1.807, 2.05) is 0 Å². The molecule has 1 amide bonds. The van der Waals surface area contributed by atoms with Gasteiger partial charge < -0.3 is 10.2 Å². The quantitative estimate of drug-likeness (QED) is 0.929. The number of alkyl halides is 3. The van der Waals surface area contributed by atoms with Gasteiger partial charge in [-0.1, -0.05) is 0 Å². The van der Waals surface area contributed by atoms with Gasteiger partial charge in [0.1, 0.15) is 5.82 Å². The van der Waals surface area contributed by atoms with Gasteiger partial charge in [0, 0.05) is 19.3 Å². The molecule has 0 spiro atoms. The van der Waals surface area contributed by atoms with Gasteiger partial charge in [-0.05, 0) is 31.4 Å². The highest BCUT2D eigenvalue weighted by Crippen LogP contribution is 2.33. The van der Waals surface area contributed by atoms with E-state index in [2.05, 4.69) is 10.3 Å². The molecule has 0 unspecified atom stereocenters. The molecule has 1 aromatic heterocycles. The zero-order chi connectivity index (χ0) is 14.6. The van der Waals surface area contributed by atoms with Crippen LogP contribution in [0, 0.1) is 0 Å². The van der Waals surface area contributed by atoms with Gasteiger partial charge in [0.25, 0.3) is 0 Å². The number of hydrogen-bond acceptors (Lipinski definition) is 3. The lowest BCUT2D eigenvalue weighted by atomic mass is 10.1. The van der Waals surface area contributed by atoms with Gasteiger partial charge in [0.15, 0.2) is 0 Å². The van der Waals surface area contributed by atoms with Crippen molar-refractivity contribution in [3.8, 4) is 0 Å². The van der Waals surface area contributed by atoms with E-state index in [1.54, 1.807) is 4.90 Å². The highest BCUT2D eigenvalue weighted by atomic mass is 19.4. The maximum absolute atomic E-state index is 12.8. The summed E-state index contributed by atoms with van der Waals surface area (Å²) in [6.45, 7) is 1.18. The summed E-state index contributed by atoms with van der Waals surface area (Å²) in [4.78, 5) is 17.2. The molecule has 0 saturated carbocycles. The third-order valence-corrected chi connectivity index (χ3v) is 3.23. The largest absolute Gasteiger partial charge is 0.419 e. The molecule has 0 bridgehead atoms. The summed E-state index contributed by atoms with van der Waals surface area (Å²) in [6.07, 6.45) is -0.227. The zero-order valence-corrected chi connectivity index (χ0v) is 10.9. The number of pyridine rings is 1. The van der Waals surface area contributed by atoms with E-state index >= 15 is 0 Å². The number of nitrogens with one attached hydrogen (secondary N) is 1. The van der Waals surface area contributed by atoms with E-state index in [1.165, 1.54) is 12.3 Å². The molecule has 1 aliphatic rings. The minimum Gasteiger partial charge on any atom is -0.360 e. The Morgan fingerprint density at radius 2 is 2.00 bits per heavy atom. The Hall–Kier alpha value is -1.79. The number of anilines is 1. The molecule has 4 nitrogen and oxygen atoms in total. The van der Waals surface area contributed by atoms with Gasteiger partial charge in [0.05, 0.1) is 12.1 Å². The highest BCUT2D eigenvalue weighted by Gasteiger charge is 2.34. The van der Waals surface area contributed by atoms with Crippen LogP contribution in [0.4, 0.5) is 19.0 Å². The minimum atomic E-state index is -4.48. The number of piperidine rings is 1. The lowest BCUT2D eigenvalue weighted by Crippen LogP contribution is -2.39. The summed E-state index contributed by atoms with van der Waals surface area (Å²) < 4.78 is 38.3. The Bertz CT molecular complexity index is 470.